The Morgan fingerprint density at radius 2 is 1.83 bits per heavy atom. The maximum atomic E-state index is 13.6. The highest BCUT2D eigenvalue weighted by molar-refractivity contribution is 5.76. The Hall–Kier alpha value is -1.69. The Kier molecular flexibility index (Phi) is 8.09. The molecular formula is C24H37F2N3O. The maximum Gasteiger partial charge on any atom is 0.270 e. The summed E-state index contributed by atoms with van der Waals surface area (Å²) >= 11 is 0. The minimum Gasteiger partial charge on any atom is -0.369 e. The van der Waals surface area contributed by atoms with Crippen LogP contribution in [0.2, 0.25) is 0 Å². The van der Waals surface area contributed by atoms with Crippen LogP contribution in [0.4, 0.5) is 14.5 Å². The summed E-state index contributed by atoms with van der Waals surface area (Å²) in [6.07, 6.45) is 7.37. The first-order valence-corrected chi connectivity index (χ1v) is 11.6. The number of carbonyl (C=O) groups excluding carboxylic acids is 1. The molecule has 4 nitrogen and oxygen atoms in total. The summed E-state index contributed by atoms with van der Waals surface area (Å²) in [4.78, 5) is 16.5. The van der Waals surface area contributed by atoms with Crippen molar-refractivity contribution < 1.29 is 13.6 Å². The Balaban J connectivity index is 1.36. The molecule has 30 heavy (non-hydrogen) atoms. The van der Waals surface area contributed by atoms with Crippen LogP contribution in [0.15, 0.2) is 24.3 Å². The van der Waals surface area contributed by atoms with Crippen LogP contribution in [-0.4, -0.2) is 49.6 Å². The number of rotatable bonds is 8. The van der Waals surface area contributed by atoms with E-state index in [1.165, 1.54) is 25.3 Å². The van der Waals surface area contributed by atoms with E-state index < -0.39 is 5.92 Å². The third-order valence-electron chi connectivity index (χ3n) is 6.63. The van der Waals surface area contributed by atoms with Gasteiger partial charge in [0.15, 0.2) is 0 Å². The van der Waals surface area contributed by atoms with E-state index in [-0.39, 0.29) is 11.5 Å². The predicted molar refractivity (Wildman–Crippen MR) is 118 cm³/mol. The van der Waals surface area contributed by atoms with Crippen LogP contribution >= 0.6 is 0 Å². The third kappa shape index (κ3) is 6.66. The molecule has 3 rings (SSSR count). The number of hydrogen-bond donors (Lipinski definition) is 1. The number of amides is 1. The molecule has 2 fully saturated rings. The lowest BCUT2D eigenvalue weighted by molar-refractivity contribution is -0.122. The van der Waals surface area contributed by atoms with Crippen LogP contribution in [0.25, 0.3) is 0 Å². The smallest absolute Gasteiger partial charge is 0.270 e. The first kappa shape index (κ1) is 23.0. The lowest BCUT2D eigenvalue weighted by Crippen LogP contribution is -2.47. The standard InChI is InChI=1S/C24H37F2N3O/c1-3-5-23(30)27-21-10-8-19(9-11-21)12-13-28-14-16-29(17-15-28)22-7-4-6-20(18-22)24(2,25)26/h4,6-7,18-19,21H,3,5,8-17H2,1-2H3,(H,27,30). The largest absolute Gasteiger partial charge is 0.369 e. The van der Waals surface area contributed by atoms with E-state index in [1.807, 2.05) is 13.0 Å². The number of nitrogens with one attached hydrogen (secondary N) is 1. The lowest BCUT2D eigenvalue weighted by atomic mass is 9.84. The SMILES string of the molecule is CCCC(=O)NC1CCC(CCN2CCN(c3cccc(C(C)(F)F)c3)CC2)CC1. The number of alkyl halides is 2. The van der Waals surface area contributed by atoms with Gasteiger partial charge in [-0.2, -0.15) is 0 Å². The van der Waals surface area contributed by atoms with E-state index >= 15 is 0 Å². The van der Waals surface area contributed by atoms with Gasteiger partial charge < -0.3 is 10.2 Å². The number of piperazine rings is 1. The van der Waals surface area contributed by atoms with E-state index in [0.29, 0.717) is 12.5 Å². The summed E-state index contributed by atoms with van der Waals surface area (Å²) in [6.45, 7) is 7.83. The summed E-state index contributed by atoms with van der Waals surface area (Å²) in [5.74, 6) is -1.84. The summed E-state index contributed by atoms with van der Waals surface area (Å²) in [5, 5.41) is 3.18. The molecule has 0 aromatic heterocycles. The molecule has 0 unspecified atom stereocenters. The fraction of sp³-hybridized carbons (Fsp3) is 0.708. The lowest BCUT2D eigenvalue weighted by Gasteiger charge is -2.37. The van der Waals surface area contributed by atoms with Gasteiger partial charge in [0.1, 0.15) is 0 Å². The third-order valence-corrected chi connectivity index (χ3v) is 6.63. The van der Waals surface area contributed by atoms with E-state index in [1.54, 1.807) is 12.1 Å². The van der Waals surface area contributed by atoms with E-state index in [9.17, 15) is 13.6 Å². The van der Waals surface area contributed by atoms with Crippen molar-refractivity contribution in [3.05, 3.63) is 29.8 Å². The topological polar surface area (TPSA) is 35.6 Å². The second-order valence-electron chi connectivity index (χ2n) is 9.09. The molecule has 1 aromatic rings. The molecule has 0 bridgehead atoms. The number of nitrogens with zero attached hydrogens (tertiary/aromatic N) is 2. The molecule has 168 valence electrons. The van der Waals surface area contributed by atoms with E-state index in [2.05, 4.69) is 15.1 Å². The van der Waals surface area contributed by atoms with Gasteiger partial charge in [-0.05, 0) is 63.1 Å². The van der Waals surface area contributed by atoms with Crippen LogP contribution in [0.3, 0.4) is 0 Å². The predicted octanol–water partition coefficient (Wildman–Crippen LogP) is 4.79. The van der Waals surface area contributed by atoms with Crippen molar-refractivity contribution in [3.63, 3.8) is 0 Å². The minimum atomic E-state index is -2.80. The van der Waals surface area contributed by atoms with Crippen molar-refractivity contribution in [2.45, 2.75) is 70.8 Å². The summed E-state index contributed by atoms with van der Waals surface area (Å²) in [7, 11) is 0. The van der Waals surface area contributed by atoms with E-state index in [0.717, 1.165) is 70.5 Å². The fourth-order valence-corrected chi connectivity index (χ4v) is 4.69. The first-order chi connectivity index (χ1) is 14.3. The highest BCUT2D eigenvalue weighted by atomic mass is 19.3. The van der Waals surface area contributed by atoms with Crippen molar-refractivity contribution in [2.75, 3.05) is 37.6 Å². The Bertz CT molecular complexity index is 675. The molecule has 1 aliphatic heterocycles. The van der Waals surface area contributed by atoms with Crippen LogP contribution < -0.4 is 10.2 Å². The van der Waals surface area contributed by atoms with Crippen LogP contribution in [-0.2, 0) is 10.7 Å². The van der Waals surface area contributed by atoms with Gasteiger partial charge in [0.25, 0.3) is 5.92 Å². The van der Waals surface area contributed by atoms with Crippen molar-refractivity contribution in [1.29, 1.82) is 0 Å². The monoisotopic (exact) mass is 421 g/mol. The number of anilines is 1. The van der Waals surface area contributed by atoms with Crippen LogP contribution in [0.5, 0.6) is 0 Å². The van der Waals surface area contributed by atoms with Gasteiger partial charge in [-0.15, -0.1) is 0 Å². The first-order valence-electron chi connectivity index (χ1n) is 11.6. The van der Waals surface area contributed by atoms with Crippen molar-refractivity contribution in [1.82, 2.24) is 10.2 Å². The Morgan fingerprint density at radius 3 is 2.47 bits per heavy atom. The summed E-state index contributed by atoms with van der Waals surface area (Å²) < 4.78 is 27.2. The molecule has 1 aliphatic carbocycles. The molecule has 0 radical (unpaired) electrons. The molecule has 1 amide bonds. The average Bonchev–Trinajstić information content (AvgIpc) is 2.73. The second kappa shape index (κ2) is 10.6. The van der Waals surface area contributed by atoms with E-state index in [4.69, 9.17) is 0 Å². The molecule has 1 N–H and O–H groups in total. The molecule has 1 saturated carbocycles. The van der Waals surface area contributed by atoms with Gasteiger partial charge >= 0.3 is 0 Å². The van der Waals surface area contributed by atoms with Crippen molar-refractivity contribution in [2.24, 2.45) is 5.92 Å². The van der Waals surface area contributed by atoms with Gasteiger partial charge in [-0.25, -0.2) is 8.78 Å². The second-order valence-corrected chi connectivity index (χ2v) is 9.09. The minimum absolute atomic E-state index is 0.0870. The maximum absolute atomic E-state index is 13.6. The number of halogens is 2. The zero-order chi connectivity index (χ0) is 21.6. The summed E-state index contributed by atoms with van der Waals surface area (Å²) in [5.41, 5.74) is 0.987. The van der Waals surface area contributed by atoms with Crippen molar-refractivity contribution >= 4 is 11.6 Å². The zero-order valence-electron chi connectivity index (χ0n) is 18.5. The molecule has 1 heterocycles. The van der Waals surface area contributed by atoms with Crippen LogP contribution in [0, 0.1) is 5.92 Å². The van der Waals surface area contributed by atoms with Gasteiger partial charge in [-0.1, -0.05) is 19.1 Å². The molecule has 1 saturated heterocycles. The molecule has 0 atom stereocenters. The Labute approximate surface area is 180 Å². The molecule has 6 heteroatoms. The van der Waals surface area contributed by atoms with Crippen LogP contribution in [0.1, 0.15) is 64.4 Å². The van der Waals surface area contributed by atoms with Gasteiger partial charge in [-0.3, -0.25) is 9.69 Å². The van der Waals surface area contributed by atoms with Gasteiger partial charge in [0.2, 0.25) is 5.91 Å². The average molecular weight is 422 g/mol. The normalized spacial score (nSPS) is 23.4. The highest BCUT2D eigenvalue weighted by Crippen LogP contribution is 2.30. The quantitative estimate of drug-likeness (QED) is 0.656. The Morgan fingerprint density at radius 1 is 1.13 bits per heavy atom. The van der Waals surface area contributed by atoms with Crippen molar-refractivity contribution in [3.8, 4) is 0 Å². The molecule has 2 aliphatic rings. The van der Waals surface area contributed by atoms with Gasteiger partial charge in [0.05, 0.1) is 0 Å². The fourth-order valence-electron chi connectivity index (χ4n) is 4.69. The molecule has 0 spiro atoms. The van der Waals surface area contributed by atoms with Gasteiger partial charge in [0, 0.05) is 56.8 Å². The zero-order valence-corrected chi connectivity index (χ0v) is 18.5. The summed E-state index contributed by atoms with van der Waals surface area (Å²) in [6, 6.07) is 7.17. The number of hydrogen-bond acceptors (Lipinski definition) is 3. The number of benzene rings is 1. The number of carbonyl (C=O) groups is 1. The molecule has 1 aromatic carbocycles. The highest BCUT2D eigenvalue weighted by Gasteiger charge is 2.26. The molecular weight excluding hydrogens is 384 g/mol.